The number of fused-ring (bicyclic) bond motifs is 2. The molecule has 300 valence electrons. The van der Waals surface area contributed by atoms with Crippen molar-refractivity contribution in [3.63, 3.8) is 0 Å². The van der Waals surface area contributed by atoms with Crippen LogP contribution in [0.4, 0.5) is 17.7 Å². The second-order valence-corrected chi connectivity index (χ2v) is 12.8. The van der Waals surface area contributed by atoms with Gasteiger partial charge in [-0.2, -0.15) is 15.0 Å². The van der Waals surface area contributed by atoms with Crippen molar-refractivity contribution in [1.29, 1.82) is 0 Å². The predicted octanol–water partition coefficient (Wildman–Crippen LogP) is 4.30. The maximum Gasteiger partial charge on any atom is 0.338 e. The van der Waals surface area contributed by atoms with Crippen molar-refractivity contribution in [1.82, 2.24) is 39.0 Å². The Hall–Kier alpha value is -5.99. The molecule has 57 heavy (non-hydrogen) atoms. The van der Waals surface area contributed by atoms with Crippen LogP contribution in [0.15, 0.2) is 79.5 Å². The Labute approximate surface area is 332 Å². The fraction of sp³-hybridized carbons (Fsp3) is 0.351. The highest BCUT2D eigenvalue weighted by molar-refractivity contribution is 5.90. The minimum absolute atomic E-state index is 0. The van der Waals surface area contributed by atoms with E-state index in [9.17, 15) is 9.59 Å². The van der Waals surface area contributed by atoms with Gasteiger partial charge in [0.15, 0.2) is 47.7 Å². The highest BCUT2D eigenvalue weighted by Gasteiger charge is 2.32. The summed E-state index contributed by atoms with van der Waals surface area (Å²) >= 11 is 0. The number of hydrogen-bond acceptors (Lipinski definition) is 17. The van der Waals surface area contributed by atoms with E-state index in [0.717, 1.165) is 12.8 Å². The topological polar surface area (TPSA) is 241 Å². The maximum atomic E-state index is 12.1. The molecule has 0 amide bonds. The van der Waals surface area contributed by atoms with E-state index < -0.39 is 37.0 Å². The van der Waals surface area contributed by atoms with Gasteiger partial charge in [-0.1, -0.05) is 43.8 Å². The number of esters is 2. The number of rotatable bonds is 10. The second-order valence-electron chi connectivity index (χ2n) is 12.8. The van der Waals surface area contributed by atoms with Crippen LogP contribution in [0.3, 0.4) is 0 Å². The van der Waals surface area contributed by atoms with E-state index in [1.807, 2.05) is 12.1 Å². The number of nitrogens with two attached hydrogens (primary N) is 2. The van der Waals surface area contributed by atoms with Crippen LogP contribution in [0, 0.1) is 0 Å². The average molecular weight is 804 g/mol. The highest BCUT2D eigenvalue weighted by Crippen LogP contribution is 2.30. The number of carbonyl (C=O) groups excluding carboxylic acids is 2. The van der Waals surface area contributed by atoms with E-state index >= 15 is 0 Å². The van der Waals surface area contributed by atoms with Crippen molar-refractivity contribution < 1.29 is 38.0 Å². The monoisotopic (exact) mass is 803 g/mol. The molecule has 2 saturated heterocycles. The minimum Gasteiger partial charge on any atom is -0.457 e. The van der Waals surface area contributed by atoms with Gasteiger partial charge < -0.3 is 45.2 Å². The number of anilines is 3. The summed E-state index contributed by atoms with van der Waals surface area (Å²) < 4.78 is 36.8. The quantitative estimate of drug-likeness (QED) is 0.164. The van der Waals surface area contributed by atoms with E-state index in [0.29, 0.717) is 45.3 Å². The summed E-state index contributed by atoms with van der Waals surface area (Å²) in [6.45, 7) is 0.535. The molecular formula is C37H42ClN11O8. The number of benzene rings is 2. The first-order valence-corrected chi connectivity index (χ1v) is 17.6. The smallest absolute Gasteiger partial charge is 0.338 e. The third-order valence-corrected chi connectivity index (χ3v) is 9.03. The van der Waals surface area contributed by atoms with Crippen LogP contribution in [0.25, 0.3) is 22.3 Å². The number of imidazole rings is 2. The molecule has 1 aliphatic carbocycles. The van der Waals surface area contributed by atoms with Gasteiger partial charge in [0.25, 0.3) is 0 Å². The van der Waals surface area contributed by atoms with Gasteiger partial charge in [-0.15, -0.1) is 12.4 Å². The van der Waals surface area contributed by atoms with Gasteiger partial charge in [-0.25, -0.2) is 24.5 Å². The van der Waals surface area contributed by atoms with Gasteiger partial charge in [-0.3, -0.25) is 9.13 Å². The van der Waals surface area contributed by atoms with Crippen LogP contribution in [0.1, 0.15) is 59.9 Å². The van der Waals surface area contributed by atoms with Crippen molar-refractivity contribution in [3.8, 4) is 0 Å². The summed E-state index contributed by atoms with van der Waals surface area (Å²) in [4.78, 5) is 49.4. The standard InChI is InChI=1S/C20H22N6O4.C16H15N5O4.CH4.ClH/c21-20-24-17(23-13-7-4-8-13)16-18(25-20)26(11-22-16)14-9-28-15(30-14)10-29-19(27)12-5-2-1-3-6-12;17-16-18-6-11-14(20-16)21(9-19-11)12-7-23-13(25-12)8-24-15(22)10-4-2-1-3-5-10;;/h1-3,5-6,11,13-15H,4,7-10H2,(H3,21,23,24,25);1-6,9,12-13H,7-8H2,(H2,17,18,20);1H4;1H/t14-,15-;12-,13-;;/m11../s1. The lowest BCUT2D eigenvalue weighted by molar-refractivity contribution is -0.102. The van der Waals surface area contributed by atoms with Crippen molar-refractivity contribution in [2.75, 3.05) is 43.2 Å². The van der Waals surface area contributed by atoms with E-state index in [1.54, 1.807) is 76.5 Å². The van der Waals surface area contributed by atoms with Gasteiger partial charge in [0.1, 0.15) is 18.7 Å². The van der Waals surface area contributed by atoms with Crippen LogP contribution >= 0.6 is 12.4 Å². The Balaban J connectivity index is 0.000000189. The molecule has 6 heterocycles. The summed E-state index contributed by atoms with van der Waals surface area (Å²) in [5, 5.41) is 3.39. The van der Waals surface area contributed by atoms with Gasteiger partial charge >= 0.3 is 11.9 Å². The molecule has 4 atom stereocenters. The zero-order valence-electron chi connectivity index (χ0n) is 29.7. The van der Waals surface area contributed by atoms with Crippen molar-refractivity contribution >= 4 is 64.4 Å². The van der Waals surface area contributed by atoms with Gasteiger partial charge in [0.05, 0.1) is 43.2 Å². The van der Waals surface area contributed by atoms with E-state index in [4.69, 9.17) is 39.9 Å². The SMILES string of the molecule is C.Cl.Nc1nc(NC2CCC2)c2ncn([C@H]3CO[C@@H](COC(=O)c4ccccc4)O3)c2n1.Nc1ncc2ncn([C@H]3CO[C@@H](COC(=O)c4ccccc4)O3)c2n1. The van der Waals surface area contributed by atoms with Crippen LogP contribution < -0.4 is 16.8 Å². The van der Waals surface area contributed by atoms with Crippen LogP contribution in [-0.2, 0) is 28.4 Å². The number of nitrogen functional groups attached to an aromatic ring is 2. The first-order chi connectivity index (χ1) is 26.9. The van der Waals surface area contributed by atoms with Gasteiger partial charge in [0, 0.05) is 6.04 Å². The third kappa shape index (κ3) is 9.35. The number of nitrogens with zero attached hydrogens (tertiary/aromatic N) is 8. The fourth-order valence-electron chi connectivity index (χ4n) is 6.00. The van der Waals surface area contributed by atoms with Gasteiger partial charge in [0.2, 0.25) is 11.9 Å². The zero-order valence-corrected chi connectivity index (χ0v) is 30.6. The molecule has 3 fully saturated rings. The number of carbonyl (C=O) groups is 2. The molecule has 1 saturated carbocycles. The van der Waals surface area contributed by atoms with Crippen LogP contribution in [0.2, 0.25) is 0 Å². The molecule has 0 radical (unpaired) electrons. The Kier molecular flexibility index (Phi) is 13.1. The first kappa shape index (κ1) is 40.7. The fourth-order valence-corrected chi connectivity index (χ4v) is 6.00. The maximum absolute atomic E-state index is 12.1. The molecular weight excluding hydrogens is 762 g/mol. The molecule has 5 N–H and O–H groups in total. The molecule has 6 aromatic rings. The second kappa shape index (κ2) is 18.3. The van der Waals surface area contributed by atoms with Crippen molar-refractivity contribution in [3.05, 3.63) is 90.6 Å². The Bertz CT molecular complexity index is 2280. The molecule has 4 aromatic heterocycles. The average Bonchev–Trinajstić information content (AvgIpc) is 4.02. The Morgan fingerprint density at radius 2 is 1.28 bits per heavy atom. The minimum atomic E-state index is -0.674. The summed E-state index contributed by atoms with van der Waals surface area (Å²) in [6.07, 6.45) is 5.97. The lowest BCUT2D eigenvalue weighted by atomic mass is 9.93. The van der Waals surface area contributed by atoms with Crippen LogP contribution in [-0.4, -0.2) is 96.0 Å². The number of halogens is 1. The summed E-state index contributed by atoms with van der Waals surface area (Å²) in [5.74, 6) is 0.101. The summed E-state index contributed by atoms with van der Waals surface area (Å²) in [5.41, 5.74) is 14.9. The first-order valence-electron chi connectivity index (χ1n) is 17.6. The van der Waals surface area contributed by atoms with Crippen molar-refractivity contribution in [2.24, 2.45) is 0 Å². The molecule has 2 aromatic carbocycles. The normalized spacial score (nSPS) is 20.1. The summed E-state index contributed by atoms with van der Waals surface area (Å²) in [6, 6.07) is 17.9. The lowest BCUT2D eigenvalue weighted by Crippen LogP contribution is -2.27. The van der Waals surface area contributed by atoms with E-state index in [1.165, 1.54) is 6.42 Å². The molecule has 9 rings (SSSR count). The van der Waals surface area contributed by atoms with Crippen molar-refractivity contribution in [2.45, 2.75) is 57.8 Å². The van der Waals surface area contributed by atoms with Gasteiger partial charge in [-0.05, 0) is 43.5 Å². The zero-order chi connectivity index (χ0) is 37.7. The van der Waals surface area contributed by atoms with E-state index in [-0.39, 0.29) is 58.2 Å². The molecule has 2 aliphatic heterocycles. The predicted molar refractivity (Wildman–Crippen MR) is 208 cm³/mol. The molecule has 0 spiro atoms. The van der Waals surface area contributed by atoms with Crippen LogP contribution in [0.5, 0.6) is 0 Å². The number of aromatic nitrogens is 8. The molecule has 0 bridgehead atoms. The Morgan fingerprint density at radius 3 is 1.84 bits per heavy atom. The molecule has 20 heteroatoms. The Morgan fingerprint density at radius 1 is 0.737 bits per heavy atom. The highest BCUT2D eigenvalue weighted by atomic mass is 35.5. The molecule has 0 unspecified atom stereocenters. The molecule has 19 nitrogen and oxygen atoms in total. The number of ether oxygens (including phenoxy) is 6. The largest absolute Gasteiger partial charge is 0.457 e. The lowest BCUT2D eigenvalue weighted by Gasteiger charge is -2.26. The van der Waals surface area contributed by atoms with E-state index in [2.05, 4.69) is 35.2 Å². The number of nitrogens with one attached hydrogen (secondary N) is 1. The number of hydrogen-bond donors (Lipinski definition) is 3. The summed E-state index contributed by atoms with van der Waals surface area (Å²) in [7, 11) is 0. The molecule has 3 aliphatic rings. The third-order valence-electron chi connectivity index (χ3n) is 9.03.